The molecule has 4 heteroatoms. The number of hydrogen-bond donors (Lipinski definition) is 1. The highest BCUT2D eigenvalue weighted by molar-refractivity contribution is 5.40. The van der Waals surface area contributed by atoms with E-state index in [4.69, 9.17) is 16.9 Å². The predicted molar refractivity (Wildman–Crippen MR) is 74.4 cm³/mol. The number of nitrogen functional groups attached to an aromatic ring is 1. The highest BCUT2D eigenvalue weighted by Gasteiger charge is 2.24. The summed E-state index contributed by atoms with van der Waals surface area (Å²) in [5.41, 5.74) is 6.72. The standard InChI is InChI=1S/C14H23N3O/c1-7-8-17-12(15)11(9-14(4,5)18-6)16-13(17)10(2)3/h1,10H,8-9,15H2,2-6H3. The Morgan fingerprint density at radius 3 is 2.56 bits per heavy atom. The van der Waals surface area contributed by atoms with Crippen molar-refractivity contribution >= 4 is 5.82 Å². The van der Waals surface area contributed by atoms with Crippen LogP contribution in [0.3, 0.4) is 0 Å². The first-order valence-corrected chi connectivity index (χ1v) is 6.15. The first-order chi connectivity index (χ1) is 8.32. The summed E-state index contributed by atoms with van der Waals surface area (Å²) in [6.07, 6.45) is 6.06. The number of hydrogen-bond acceptors (Lipinski definition) is 3. The molecule has 1 heterocycles. The molecular weight excluding hydrogens is 226 g/mol. The molecule has 0 saturated heterocycles. The molecule has 0 atom stereocenters. The van der Waals surface area contributed by atoms with Gasteiger partial charge in [0.2, 0.25) is 0 Å². The van der Waals surface area contributed by atoms with Crippen LogP contribution >= 0.6 is 0 Å². The second kappa shape index (κ2) is 5.45. The van der Waals surface area contributed by atoms with Crippen LogP contribution in [-0.4, -0.2) is 22.3 Å². The van der Waals surface area contributed by atoms with Crippen LogP contribution in [0.4, 0.5) is 5.82 Å². The Bertz CT molecular complexity index is 452. The van der Waals surface area contributed by atoms with Gasteiger partial charge in [0, 0.05) is 19.4 Å². The van der Waals surface area contributed by atoms with Crippen LogP contribution in [0.5, 0.6) is 0 Å². The first-order valence-electron chi connectivity index (χ1n) is 6.15. The van der Waals surface area contributed by atoms with Gasteiger partial charge in [0.1, 0.15) is 11.6 Å². The Kier molecular flexibility index (Phi) is 4.42. The van der Waals surface area contributed by atoms with Gasteiger partial charge in [0.05, 0.1) is 17.8 Å². The van der Waals surface area contributed by atoms with Crippen LogP contribution in [0.2, 0.25) is 0 Å². The van der Waals surface area contributed by atoms with E-state index in [1.165, 1.54) is 0 Å². The summed E-state index contributed by atoms with van der Waals surface area (Å²) >= 11 is 0. The van der Waals surface area contributed by atoms with Crippen molar-refractivity contribution in [1.29, 1.82) is 0 Å². The predicted octanol–water partition coefficient (Wildman–Crippen LogP) is 2.19. The molecular formula is C14H23N3O. The molecule has 0 aromatic carbocycles. The quantitative estimate of drug-likeness (QED) is 0.814. The number of nitrogens with zero attached hydrogens (tertiary/aromatic N) is 2. The van der Waals surface area contributed by atoms with Gasteiger partial charge < -0.3 is 15.0 Å². The number of imidazole rings is 1. The van der Waals surface area contributed by atoms with E-state index in [9.17, 15) is 0 Å². The summed E-state index contributed by atoms with van der Waals surface area (Å²) in [7, 11) is 1.69. The number of nitrogens with two attached hydrogens (primary N) is 1. The van der Waals surface area contributed by atoms with Gasteiger partial charge in [-0.3, -0.25) is 0 Å². The van der Waals surface area contributed by atoms with Gasteiger partial charge in [-0.25, -0.2) is 4.98 Å². The molecule has 1 rings (SSSR count). The Balaban J connectivity index is 3.16. The minimum absolute atomic E-state index is 0.280. The molecule has 0 aliphatic heterocycles. The molecule has 0 spiro atoms. The van der Waals surface area contributed by atoms with Crippen molar-refractivity contribution in [3.8, 4) is 12.3 Å². The van der Waals surface area contributed by atoms with Crippen molar-refractivity contribution < 1.29 is 4.74 Å². The molecule has 18 heavy (non-hydrogen) atoms. The number of aromatic nitrogens is 2. The van der Waals surface area contributed by atoms with Gasteiger partial charge in [-0.05, 0) is 13.8 Å². The van der Waals surface area contributed by atoms with Crippen molar-refractivity contribution in [2.45, 2.75) is 52.2 Å². The Hall–Kier alpha value is -1.47. The Morgan fingerprint density at radius 1 is 1.50 bits per heavy atom. The molecule has 0 saturated carbocycles. The highest BCUT2D eigenvalue weighted by atomic mass is 16.5. The third kappa shape index (κ3) is 3.05. The lowest BCUT2D eigenvalue weighted by Gasteiger charge is -2.21. The van der Waals surface area contributed by atoms with Crippen LogP contribution in [0.1, 0.15) is 45.1 Å². The minimum atomic E-state index is -0.280. The third-order valence-electron chi connectivity index (χ3n) is 3.02. The molecule has 1 aromatic rings. The van der Waals surface area contributed by atoms with E-state index in [0.717, 1.165) is 11.5 Å². The van der Waals surface area contributed by atoms with Gasteiger partial charge >= 0.3 is 0 Å². The fourth-order valence-corrected chi connectivity index (χ4v) is 1.84. The van der Waals surface area contributed by atoms with E-state index in [-0.39, 0.29) is 5.60 Å². The highest BCUT2D eigenvalue weighted by Crippen LogP contribution is 2.25. The Labute approximate surface area is 110 Å². The lowest BCUT2D eigenvalue weighted by molar-refractivity contribution is 0.0226. The maximum atomic E-state index is 6.14. The van der Waals surface area contributed by atoms with Crippen LogP contribution in [0.25, 0.3) is 0 Å². The number of anilines is 1. The van der Waals surface area contributed by atoms with Crippen molar-refractivity contribution in [2.24, 2.45) is 0 Å². The maximum absolute atomic E-state index is 6.14. The zero-order valence-electron chi connectivity index (χ0n) is 11.9. The smallest absolute Gasteiger partial charge is 0.127 e. The van der Waals surface area contributed by atoms with Gasteiger partial charge in [0.15, 0.2) is 0 Å². The van der Waals surface area contributed by atoms with Gasteiger partial charge in [0.25, 0.3) is 0 Å². The van der Waals surface area contributed by atoms with Crippen molar-refractivity contribution in [1.82, 2.24) is 9.55 Å². The zero-order valence-corrected chi connectivity index (χ0v) is 11.9. The topological polar surface area (TPSA) is 53.1 Å². The summed E-state index contributed by atoms with van der Waals surface area (Å²) in [4.78, 5) is 4.62. The molecule has 4 nitrogen and oxygen atoms in total. The summed E-state index contributed by atoms with van der Waals surface area (Å²) in [6.45, 7) is 8.66. The molecule has 0 aliphatic rings. The second-order valence-corrected chi connectivity index (χ2v) is 5.39. The average Bonchev–Trinajstić information content (AvgIpc) is 2.58. The van der Waals surface area contributed by atoms with Crippen LogP contribution in [-0.2, 0) is 17.7 Å². The molecule has 0 fully saturated rings. The summed E-state index contributed by atoms with van der Waals surface area (Å²) < 4.78 is 7.33. The number of ether oxygens (including phenoxy) is 1. The SMILES string of the molecule is C#CCn1c(C(C)C)nc(CC(C)(C)OC)c1N. The van der Waals surface area contributed by atoms with E-state index in [0.29, 0.717) is 24.7 Å². The van der Waals surface area contributed by atoms with Gasteiger partial charge in [-0.15, -0.1) is 6.42 Å². The van der Waals surface area contributed by atoms with E-state index in [1.807, 2.05) is 18.4 Å². The second-order valence-electron chi connectivity index (χ2n) is 5.39. The molecule has 2 N–H and O–H groups in total. The molecule has 0 radical (unpaired) electrons. The summed E-state index contributed by atoms with van der Waals surface area (Å²) in [6, 6.07) is 0. The van der Waals surface area contributed by atoms with Crippen LogP contribution in [0, 0.1) is 12.3 Å². The van der Waals surface area contributed by atoms with Crippen LogP contribution < -0.4 is 5.73 Å². The Morgan fingerprint density at radius 2 is 2.11 bits per heavy atom. The van der Waals surface area contributed by atoms with Crippen molar-refractivity contribution in [3.63, 3.8) is 0 Å². The third-order valence-corrected chi connectivity index (χ3v) is 3.02. The minimum Gasteiger partial charge on any atom is -0.384 e. The van der Waals surface area contributed by atoms with Crippen molar-refractivity contribution in [3.05, 3.63) is 11.5 Å². The molecule has 0 bridgehead atoms. The lowest BCUT2D eigenvalue weighted by Crippen LogP contribution is -2.26. The van der Waals surface area contributed by atoms with E-state index in [2.05, 4.69) is 24.8 Å². The number of methoxy groups -OCH3 is 1. The van der Waals surface area contributed by atoms with E-state index < -0.39 is 0 Å². The molecule has 100 valence electrons. The van der Waals surface area contributed by atoms with Crippen LogP contribution in [0.15, 0.2) is 0 Å². The lowest BCUT2D eigenvalue weighted by atomic mass is 10.0. The molecule has 0 aliphatic carbocycles. The summed E-state index contributed by atoms with van der Waals surface area (Å²) in [5, 5.41) is 0. The normalized spacial score (nSPS) is 11.8. The zero-order chi connectivity index (χ0) is 13.9. The van der Waals surface area contributed by atoms with Gasteiger partial charge in [-0.1, -0.05) is 19.8 Å². The molecule has 0 amide bonds. The van der Waals surface area contributed by atoms with E-state index >= 15 is 0 Å². The van der Waals surface area contributed by atoms with Crippen molar-refractivity contribution in [2.75, 3.05) is 12.8 Å². The summed E-state index contributed by atoms with van der Waals surface area (Å²) in [5.74, 6) is 4.51. The number of rotatable bonds is 5. The monoisotopic (exact) mass is 249 g/mol. The molecule has 0 unspecified atom stereocenters. The largest absolute Gasteiger partial charge is 0.384 e. The fourth-order valence-electron chi connectivity index (χ4n) is 1.84. The first kappa shape index (κ1) is 14.6. The average molecular weight is 249 g/mol. The fraction of sp³-hybridized carbons (Fsp3) is 0.643. The number of terminal acetylenes is 1. The van der Waals surface area contributed by atoms with Gasteiger partial charge in [-0.2, -0.15) is 0 Å². The van der Waals surface area contributed by atoms with E-state index in [1.54, 1.807) is 7.11 Å². The maximum Gasteiger partial charge on any atom is 0.127 e. The molecule has 1 aromatic heterocycles.